The van der Waals surface area contributed by atoms with E-state index in [1.165, 1.54) is 35.2 Å². The normalized spacial score (nSPS) is 14.2. The summed E-state index contributed by atoms with van der Waals surface area (Å²) >= 11 is 2.69. The van der Waals surface area contributed by atoms with E-state index in [4.69, 9.17) is 0 Å². The second-order valence-corrected chi connectivity index (χ2v) is 7.50. The first kappa shape index (κ1) is 16.9. The molecule has 126 valence electrons. The van der Waals surface area contributed by atoms with Crippen LogP contribution < -0.4 is 5.32 Å². The smallest absolute Gasteiger partial charge is 0.281 e. The van der Waals surface area contributed by atoms with Crippen molar-refractivity contribution in [3.8, 4) is 0 Å². The fourth-order valence-corrected chi connectivity index (χ4v) is 4.01. The van der Waals surface area contributed by atoms with Crippen LogP contribution in [0.1, 0.15) is 16.9 Å². The topological polar surface area (TPSA) is 62.3 Å². The Balaban J connectivity index is 1.49. The van der Waals surface area contributed by atoms with E-state index in [0.29, 0.717) is 24.6 Å². The van der Waals surface area contributed by atoms with Gasteiger partial charge in [0.25, 0.3) is 5.24 Å². The standard InChI is InChI=1S/C16H16FN3O2S2/c17-12-3-1-11(2-4-12)9-13-10-18-15(24-13)19-14(21)5-6-20-7-8-23-16(20)22/h1-4,10H,5-9H2,(H,18,19,21). The maximum Gasteiger partial charge on any atom is 0.281 e. The molecule has 0 atom stereocenters. The van der Waals surface area contributed by atoms with Gasteiger partial charge in [-0.25, -0.2) is 9.37 Å². The van der Waals surface area contributed by atoms with Crippen molar-refractivity contribution in [3.05, 3.63) is 46.7 Å². The van der Waals surface area contributed by atoms with E-state index < -0.39 is 0 Å². The molecule has 1 saturated heterocycles. The van der Waals surface area contributed by atoms with Crippen LogP contribution in [0.3, 0.4) is 0 Å². The van der Waals surface area contributed by atoms with Gasteiger partial charge < -0.3 is 10.2 Å². The molecule has 2 heterocycles. The van der Waals surface area contributed by atoms with Crippen molar-refractivity contribution in [2.75, 3.05) is 24.2 Å². The van der Waals surface area contributed by atoms with Crippen LogP contribution in [0.5, 0.6) is 0 Å². The molecule has 0 radical (unpaired) electrons. The number of thiazole rings is 1. The van der Waals surface area contributed by atoms with E-state index in [9.17, 15) is 14.0 Å². The number of hydrogen-bond donors (Lipinski definition) is 1. The summed E-state index contributed by atoms with van der Waals surface area (Å²) in [6, 6.07) is 6.32. The number of nitrogens with zero attached hydrogens (tertiary/aromatic N) is 2. The Bertz CT molecular complexity index is 733. The summed E-state index contributed by atoms with van der Waals surface area (Å²) in [5.41, 5.74) is 0.989. The van der Waals surface area contributed by atoms with Crippen LogP contribution in [0, 0.1) is 5.82 Å². The first-order chi connectivity index (χ1) is 11.6. The van der Waals surface area contributed by atoms with E-state index in [-0.39, 0.29) is 23.4 Å². The Morgan fingerprint density at radius 3 is 2.83 bits per heavy atom. The number of halogens is 1. The molecular weight excluding hydrogens is 349 g/mol. The number of hydrogen-bond acceptors (Lipinski definition) is 5. The SMILES string of the molecule is O=C(CCN1CCSC1=O)Nc1ncc(Cc2ccc(F)cc2)s1. The van der Waals surface area contributed by atoms with Gasteiger partial charge in [-0.15, -0.1) is 11.3 Å². The van der Waals surface area contributed by atoms with Gasteiger partial charge >= 0.3 is 0 Å². The van der Waals surface area contributed by atoms with Crippen molar-refractivity contribution < 1.29 is 14.0 Å². The predicted molar refractivity (Wildman–Crippen MR) is 94.0 cm³/mol. The lowest BCUT2D eigenvalue weighted by molar-refractivity contribution is -0.116. The number of aromatic nitrogens is 1. The molecule has 0 aliphatic carbocycles. The molecule has 2 amide bonds. The number of rotatable bonds is 6. The molecule has 0 bridgehead atoms. The molecule has 1 aliphatic heterocycles. The molecule has 1 N–H and O–H groups in total. The monoisotopic (exact) mass is 365 g/mol. The third kappa shape index (κ3) is 4.55. The Morgan fingerprint density at radius 2 is 2.12 bits per heavy atom. The summed E-state index contributed by atoms with van der Waals surface area (Å²) in [4.78, 5) is 30.3. The average molecular weight is 365 g/mol. The maximum atomic E-state index is 12.9. The van der Waals surface area contributed by atoms with Gasteiger partial charge in [0.2, 0.25) is 5.91 Å². The second kappa shape index (κ2) is 7.76. The van der Waals surface area contributed by atoms with Gasteiger partial charge in [-0.3, -0.25) is 9.59 Å². The van der Waals surface area contributed by atoms with Gasteiger partial charge in [-0.05, 0) is 17.7 Å². The second-order valence-electron chi connectivity index (χ2n) is 5.33. The number of anilines is 1. The minimum Gasteiger partial charge on any atom is -0.332 e. The van der Waals surface area contributed by atoms with Crippen molar-refractivity contribution in [2.45, 2.75) is 12.8 Å². The highest BCUT2D eigenvalue weighted by Crippen LogP contribution is 2.22. The summed E-state index contributed by atoms with van der Waals surface area (Å²) in [5, 5.41) is 3.34. The highest BCUT2D eigenvalue weighted by atomic mass is 32.2. The summed E-state index contributed by atoms with van der Waals surface area (Å²) in [7, 11) is 0. The number of carbonyl (C=O) groups excluding carboxylic acids is 2. The minimum atomic E-state index is -0.258. The van der Waals surface area contributed by atoms with Crippen LogP contribution in [0.15, 0.2) is 30.5 Å². The van der Waals surface area contributed by atoms with E-state index in [1.54, 1.807) is 23.2 Å². The van der Waals surface area contributed by atoms with Gasteiger partial charge in [0, 0.05) is 42.8 Å². The van der Waals surface area contributed by atoms with Gasteiger partial charge in [0.15, 0.2) is 5.13 Å². The Hall–Kier alpha value is -1.93. The third-order valence-corrected chi connectivity index (χ3v) is 5.35. The van der Waals surface area contributed by atoms with E-state index >= 15 is 0 Å². The largest absolute Gasteiger partial charge is 0.332 e. The molecule has 1 aromatic carbocycles. The first-order valence-corrected chi connectivity index (χ1v) is 9.31. The van der Waals surface area contributed by atoms with Crippen molar-refractivity contribution in [2.24, 2.45) is 0 Å². The molecule has 3 rings (SSSR count). The number of benzene rings is 1. The molecule has 0 spiro atoms. The summed E-state index contributed by atoms with van der Waals surface area (Å²) in [6.07, 6.45) is 2.62. The predicted octanol–water partition coefficient (Wildman–Crippen LogP) is 3.37. The van der Waals surface area contributed by atoms with Crippen molar-refractivity contribution in [3.63, 3.8) is 0 Å². The Labute approximate surface area is 147 Å². The molecule has 1 fully saturated rings. The molecule has 0 saturated carbocycles. The van der Waals surface area contributed by atoms with Crippen LogP contribution in [-0.2, 0) is 11.2 Å². The quantitative estimate of drug-likeness (QED) is 0.853. The summed E-state index contributed by atoms with van der Waals surface area (Å²) in [6.45, 7) is 1.14. The molecule has 2 aromatic rings. The zero-order valence-corrected chi connectivity index (χ0v) is 14.5. The molecule has 24 heavy (non-hydrogen) atoms. The molecular formula is C16H16FN3O2S2. The van der Waals surface area contributed by atoms with Crippen molar-refractivity contribution in [1.29, 1.82) is 0 Å². The lowest BCUT2D eigenvalue weighted by atomic mass is 10.1. The third-order valence-electron chi connectivity index (χ3n) is 3.55. The molecule has 1 aliphatic rings. The number of nitrogens with one attached hydrogen (secondary N) is 1. The maximum absolute atomic E-state index is 12.9. The average Bonchev–Trinajstić information content (AvgIpc) is 3.17. The number of thioether (sulfide) groups is 1. The van der Waals surface area contributed by atoms with Crippen LogP contribution in [-0.4, -0.2) is 39.9 Å². The van der Waals surface area contributed by atoms with Gasteiger partial charge in [0.1, 0.15) is 5.82 Å². The van der Waals surface area contributed by atoms with Gasteiger partial charge in [-0.1, -0.05) is 23.9 Å². The van der Waals surface area contributed by atoms with Crippen LogP contribution >= 0.6 is 23.1 Å². The lowest BCUT2D eigenvalue weighted by Crippen LogP contribution is -2.27. The van der Waals surface area contributed by atoms with E-state index in [2.05, 4.69) is 10.3 Å². The van der Waals surface area contributed by atoms with Gasteiger partial charge in [-0.2, -0.15) is 0 Å². The van der Waals surface area contributed by atoms with E-state index in [1.807, 2.05) is 0 Å². The molecule has 8 heteroatoms. The first-order valence-electron chi connectivity index (χ1n) is 7.51. The van der Waals surface area contributed by atoms with Crippen LogP contribution in [0.2, 0.25) is 0 Å². The molecule has 0 unspecified atom stereocenters. The molecule has 5 nitrogen and oxygen atoms in total. The minimum absolute atomic E-state index is 0.0404. The zero-order chi connectivity index (χ0) is 16.9. The van der Waals surface area contributed by atoms with Gasteiger partial charge in [0.05, 0.1) is 0 Å². The lowest BCUT2D eigenvalue weighted by Gasteiger charge is -2.13. The highest BCUT2D eigenvalue weighted by Gasteiger charge is 2.21. The number of carbonyl (C=O) groups is 2. The van der Waals surface area contributed by atoms with Crippen LogP contribution in [0.4, 0.5) is 14.3 Å². The zero-order valence-electron chi connectivity index (χ0n) is 12.8. The fraction of sp³-hybridized carbons (Fsp3) is 0.312. The Morgan fingerprint density at radius 1 is 1.33 bits per heavy atom. The fourth-order valence-electron chi connectivity index (χ4n) is 2.30. The Kier molecular flexibility index (Phi) is 5.47. The number of amides is 2. The van der Waals surface area contributed by atoms with Crippen molar-refractivity contribution >= 4 is 39.4 Å². The summed E-state index contributed by atoms with van der Waals surface area (Å²) in [5.74, 6) is 0.382. The van der Waals surface area contributed by atoms with E-state index in [0.717, 1.165) is 16.2 Å². The highest BCUT2D eigenvalue weighted by molar-refractivity contribution is 8.13. The molecule has 1 aromatic heterocycles. The van der Waals surface area contributed by atoms with Crippen LogP contribution in [0.25, 0.3) is 0 Å². The van der Waals surface area contributed by atoms with Crippen molar-refractivity contribution in [1.82, 2.24) is 9.88 Å². The summed E-state index contributed by atoms with van der Waals surface area (Å²) < 4.78 is 12.9.